The number of carbonyl (C=O) groups is 1. The molecule has 1 aliphatic heterocycles. The molecule has 3 aromatic carbocycles. The summed E-state index contributed by atoms with van der Waals surface area (Å²) in [6.45, 7) is 1.31. The summed E-state index contributed by atoms with van der Waals surface area (Å²) in [7, 11) is -2.19. The Morgan fingerprint density at radius 2 is 1.71 bits per heavy atom. The Kier molecular flexibility index (Phi) is 6.10. The van der Waals surface area contributed by atoms with E-state index >= 15 is 0 Å². The standard InChI is InChI=1S/C26H25N3O3S2/c1-28(21-9-3-2-4-10-21)34(31,32)22-15-13-19(14-16-22)26(30)29-17-7-8-20(18-29)25-27-23-11-5-6-12-24(23)33-25/h2-6,9-16,20H,7-8,17-18H2,1H3/t20-/m1/s1. The Morgan fingerprint density at radius 1 is 1.00 bits per heavy atom. The van der Waals surface area contributed by atoms with Gasteiger partial charge in [0.05, 0.1) is 25.8 Å². The summed E-state index contributed by atoms with van der Waals surface area (Å²) in [5.41, 5.74) is 2.08. The Morgan fingerprint density at radius 3 is 2.44 bits per heavy atom. The van der Waals surface area contributed by atoms with Crippen molar-refractivity contribution >= 4 is 43.2 Å². The summed E-state index contributed by atoms with van der Waals surface area (Å²) in [5.74, 6) is 0.139. The smallest absolute Gasteiger partial charge is 0.264 e. The molecule has 0 aliphatic carbocycles. The molecule has 0 radical (unpaired) electrons. The zero-order valence-electron chi connectivity index (χ0n) is 18.8. The molecule has 0 unspecified atom stereocenters. The monoisotopic (exact) mass is 491 g/mol. The SMILES string of the molecule is CN(c1ccccc1)S(=O)(=O)c1ccc(C(=O)N2CCC[C@@H](c3nc4ccccc4s3)C2)cc1. The quantitative estimate of drug-likeness (QED) is 0.388. The van der Waals surface area contributed by atoms with Crippen LogP contribution in [0, 0.1) is 0 Å². The Labute approximate surface area is 203 Å². The topological polar surface area (TPSA) is 70.6 Å². The fraction of sp³-hybridized carbons (Fsp3) is 0.231. The fourth-order valence-corrected chi connectivity index (χ4v) is 6.60. The number of hydrogen-bond donors (Lipinski definition) is 0. The third-order valence-corrected chi connectivity index (χ3v) is 9.25. The molecule has 8 heteroatoms. The number of fused-ring (bicyclic) bond motifs is 1. The van der Waals surface area contributed by atoms with Gasteiger partial charge in [-0.25, -0.2) is 13.4 Å². The van der Waals surface area contributed by atoms with Crippen LogP contribution in [-0.2, 0) is 10.0 Å². The van der Waals surface area contributed by atoms with Crippen molar-refractivity contribution in [2.24, 2.45) is 0 Å². The molecule has 174 valence electrons. The molecule has 1 fully saturated rings. The average Bonchev–Trinajstić information content (AvgIpc) is 3.33. The van der Waals surface area contributed by atoms with E-state index in [0.717, 1.165) is 23.4 Å². The highest BCUT2D eigenvalue weighted by Crippen LogP contribution is 2.33. The molecule has 1 aromatic heterocycles. The van der Waals surface area contributed by atoms with Crippen molar-refractivity contribution in [2.75, 3.05) is 24.4 Å². The maximum absolute atomic E-state index is 13.2. The van der Waals surface area contributed by atoms with E-state index in [-0.39, 0.29) is 16.7 Å². The minimum Gasteiger partial charge on any atom is -0.338 e. The normalized spacial score (nSPS) is 16.5. The zero-order valence-corrected chi connectivity index (χ0v) is 20.4. The number of anilines is 1. The third-order valence-electron chi connectivity index (χ3n) is 6.25. The highest BCUT2D eigenvalue weighted by atomic mass is 32.2. The highest BCUT2D eigenvalue weighted by Gasteiger charge is 2.28. The Hall–Kier alpha value is -3.23. The van der Waals surface area contributed by atoms with Gasteiger partial charge in [0, 0.05) is 31.6 Å². The van der Waals surface area contributed by atoms with Gasteiger partial charge in [-0.3, -0.25) is 9.10 Å². The summed E-state index contributed by atoms with van der Waals surface area (Å²) < 4.78 is 28.4. The van der Waals surface area contributed by atoms with Crippen molar-refractivity contribution in [2.45, 2.75) is 23.7 Å². The van der Waals surface area contributed by atoms with Crippen LogP contribution >= 0.6 is 11.3 Å². The summed E-state index contributed by atoms with van der Waals surface area (Å²) in [6.07, 6.45) is 1.92. The van der Waals surface area contributed by atoms with E-state index < -0.39 is 10.0 Å². The summed E-state index contributed by atoms with van der Waals surface area (Å²) in [6, 6.07) is 23.3. The largest absolute Gasteiger partial charge is 0.338 e. The van der Waals surface area contributed by atoms with E-state index in [1.807, 2.05) is 29.2 Å². The maximum atomic E-state index is 13.2. The van der Waals surface area contributed by atoms with Gasteiger partial charge in [0.1, 0.15) is 0 Å². The van der Waals surface area contributed by atoms with E-state index in [0.29, 0.717) is 24.3 Å². The van der Waals surface area contributed by atoms with Crippen molar-refractivity contribution in [1.29, 1.82) is 0 Å². The number of rotatable bonds is 5. The van der Waals surface area contributed by atoms with Crippen LogP contribution in [0.15, 0.2) is 83.8 Å². The van der Waals surface area contributed by atoms with Crippen molar-refractivity contribution in [1.82, 2.24) is 9.88 Å². The van der Waals surface area contributed by atoms with Gasteiger partial charge in [0.25, 0.3) is 15.9 Å². The number of benzene rings is 3. The number of piperidine rings is 1. The second-order valence-corrected chi connectivity index (χ2v) is 11.5. The molecule has 5 rings (SSSR count). The van der Waals surface area contributed by atoms with Gasteiger partial charge in [0.15, 0.2) is 0 Å². The second kappa shape index (κ2) is 9.19. The number of aromatic nitrogens is 1. The molecule has 0 spiro atoms. The molecule has 2 heterocycles. The Bertz CT molecular complexity index is 1380. The van der Waals surface area contributed by atoms with Gasteiger partial charge >= 0.3 is 0 Å². The Balaban J connectivity index is 1.31. The first-order chi connectivity index (χ1) is 16.4. The summed E-state index contributed by atoms with van der Waals surface area (Å²) >= 11 is 1.70. The van der Waals surface area contributed by atoms with Gasteiger partial charge < -0.3 is 4.90 Å². The number of likely N-dealkylation sites (tertiary alicyclic amines) is 1. The van der Waals surface area contributed by atoms with E-state index in [2.05, 4.69) is 6.07 Å². The summed E-state index contributed by atoms with van der Waals surface area (Å²) in [4.78, 5) is 20.0. The van der Waals surface area contributed by atoms with E-state index in [1.54, 1.807) is 47.7 Å². The van der Waals surface area contributed by atoms with Crippen molar-refractivity contribution in [3.05, 3.63) is 89.4 Å². The lowest BCUT2D eigenvalue weighted by atomic mass is 9.98. The van der Waals surface area contributed by atoms with Gasteiger partial charge in [-0.15, -0.1) is 11.3 Å². The lowest BCUT2D eigenvalue weighted by Gasteiger charge is -2.32. The molecule has 34 heavy (non-hydrogen) atoms. The van der Waals surface area contributed by atoms with Gasteiger partial charge in [0.2, 0.25) is 0 Å². The van der Waals surface area contributed by atoms with Crippen molar-refractivity contribution in [3.8, 4) is 0 Å². The van der Waals surface area contributed by atoms with Gasteiger partial charge in [-0.05, 0) is 61.4 Å². The van der Waals surface area contributed by atoms with Crippen LogP contribution in [0.1, 0.15) is 34.1 Å². The van der Waals surface area contributed by atoms with Crippen LogP contribution in [0.25, 0.3) is 10.2 Å². The molecule has 0 bridgehead atoms. The van der Waals surface area contributed by atoms with Crippen LogP contribution in [0.4, 0.5) is 5.69 Å². The lowest BCUT2D eigenvalue weighted by molar-refractivity contribution is 0.0707. The predicted octanol–water partition coefficient (Wildman–Crippen LogP) is 5.14. The number of amides is 1. The van der Waals surface area contributed by atoms with Gasteiger partial charge in [-0.1, -0.05) is 30.3 Å². The molecule has 6 nitrogen and oxygen atoms in total. The highest BCUT2D eigenvalue weighted by molar-refractivity contribution is 7.92. The molecular weight excluding hydrogens is 466 g/mol. The third kappa shape index (κ3) is 4.31. The average molecular weight is 492 g/mol. The molecule has 0 N–H and O–H groups in total. The second-order valence-electron chi connectivity index (χ2n) is 8.44. The lowest BCUT2D eigenvalue weighted by Crippen LogP contribution is -2.39. The molecule has 1 saturated heterocycles. The zero-order chi connectivity index (χ0) is 23.7. The fourth-order valence-electron chi connectivity index (χ4n) is 4.31. The first kappa shape index (κ1) is 22.6. The van der Waals surface area contributed by atoms with E-state index in [4.69, 9.17) is 4.98 Å². The molecular formula is C26H25N3O3S2. The molecule has 1 aliphatic rings. The van der Waals surface area contributed by atoms with Crippen molar-refractivity contribution < 1.29 is 13.2 Å². The first-order valence-electron chi connectivity index (χ1n) is 11.2. The maximum Gasteiger partial charge on any atom is 0.264 e. The van der Waals surface area contributed by atoms with Crippen LogP contribution in [0.5, 0.6) is 0 Å². The molecule has 1 atom stereocenters. The number of carbonyl (C=O) groups excluding carboxylic acids is 1. The van der Waals surface area contributed by atoms with Crippen LogP contribution < -0.4 is 4.31 Å². The predicted molar refractivity (Wildman–Crippen MR) is 136 cm³/mol. The number of hydrogen-bond acceptors (Lipinski definition) is 5. The van der Waals surface area contributed by atoms with Crippen LogP contribution in [0.3, 0.4) is 0 Å². The van der Waals surface area contributed by atoms with Crippen LogP contribution in [0.2, 0.25) is 0 Å². The number of para-hydroxylation sites is 2. The van der Waals surface area contributed by atoms with E-state index in [9.17, 15) is 13.2 Å². The number of sulfonamides is 1. The molecule has 4 aromatic rings. The van der Waals surface area contributed by atoms with E-state index in [1.165, 1.54) is 28.2 Å². The van der Waals surface area contributed by atoms with Crippen molar-refractivity contribution in [3.63, 3.8) is 0 Å². The summed E-state index contributed by atoms with van der Waals surface area (Å²) in [5, 5.41) is 1.07. The minimum atomic E-state index is -3.72. The first-order valence-corrected chi connectivity index (χ1v) is 13.5. The number of thiazole rings is 1. The van der Waals surface area contributed by atoms with Crippen LogP contribution in [-0.4, -0.2) is 44.3 Å². The molecule has 1 amide bonds. The van der Waals surface area contributed by atoms with Gasteiger partial charge in [-0.2, -0.15) is 0 Å². The number of nitrogens with zero attached hydrogens (tertiary/aromatic N) is 3. The minimum absolute atomic E-state index is 0.0776. The molecule has 0 saturated carbocycles.